The van der Waals surface area contributed by atoms with Crippen molar-refractivity contribution in [3.63, 3.8) is 0 Å². The van der Waals surface area contributed by atoms with E-state index in [4.69, 9.17) is 0 Å². The van der Waals surface area contributed by atoms with Gasteiger partial charge in [-0.2, -0.15) is 0 Å². The third kappa shape index (κ3) is 5.24. The summed E-state index contributed by atoms with van der Waals surface area (Å²) in [7, 11) is -3.14. The highest BCUT2D eigenvalue weighted by atomic mass is 32.2. The minimum Gasteiger partial charge on any atom is -0.313 e. The Kier molecular flexibility index (Phi) is 5.62. The van der Waals surface area contributed by atoms with Crippen molar-refractivity contribution in [3.8, 4) is 0 Å². The molecule has 0 aromatic rings. The molecule has 1 aliphatic rings. The number of sulfonamides is 1. The standard InChI is InChI=1S/C13H28N2O2S/c1-5-15(10-12-8-6-7-9-14-12)18(16,17)11-13(2,3)4/h12,14H,5-11H2,1-4H3. The van der Waals surface area contributed by atoms with E-state index in [-0.39, 0.29) is 11.2 Å². The zero-order valence-electron chi connectivity index (χ0n) is 12.2. The Morgan fingerprint density at radius 3 is 2.39 bits per heavy atom. The van der Waals surface area contributed by atoms with E-state index in [1.165, 1.54) is 12.8 Å². The maximum Gasteiger partial charge on any atom is 0.214 e. The van der Waals surface area contributed by atoms with Gasteiger partial charge in [0.05, 0.1) is 5.75 Å². The molecular weight excluding hydrogens is 248 g/mol. The van der Waals surface area contributed by atoms with Gasteiger partial charge in [0.15, 0.2) is 0 Å². The minimum absolute atomic E-state index is 0.188. The summed E-state index contributed by atoms with van der Waals surface area (Å²) < 4.78 is 26.3. The largest absolute Gasteiger partial charge is 0.313 e. The smallest absolute Gasteiger partial charge is 0.214 e. The van der Waals surface area contributed by atoms with Crippen molar-refractivity contribution >= 4 is 10.0 Å². The van der Waals surface area contributed by atoms with Gasteiger partial charge in [-0.1, -0.05) is 34.1 Å². The van der Waals surface area contributed by atoms with Gasteiger partial charge in [-0.15, -0.1) is 0 Å². The molecule has 1 unspecified atom stereocenters. The van der Waals surface area contributed by atoms with Crippen LogP contribution < -0.4 is 5.32 Å². The van der Waals surface area contributed by atoms with E-state index < -0.39 is 10.0 Å². The first-order chi connectivity index (χ1) is 8.24. The SMILES string of the molecule is CCN(CC1CCCCN1)S(=O)(=O)CC(C)(C)C. The highest BCUT2D eigenvalue weighted by Crippen LogP contribution is 2.19. The van der Waals surface area contributed by atoms with Crippen molar-refractivity contribution in [3.05, 3.63) is 0 Å². The molecular formula is C13H28N2O2S. The summed E-state index contributed by atoms with van der Waals surface area (Å²) in [5.41, 5.74) is -0.188. The van der Waals surface area contributed by atoms with Crippen molar-refractivity contribution in [1.82, 2.24) is 9.62 Å². The summed E-state index contributed by atoms with van der Waals surface area (Å²) in [5, 5.41) is 3.41. The number of likely N-dealkylation sites (N-methyl/N-ethyl adjacent to an activating group) is 1. The Morgan fingerprint density at radius 1 is 1.28 bits per heavy atom. The molecule has 18 heavy (non-hydrogen) atoms. The Labute approximate surface area is 112 Å². The normalized spacial score (nSPS) is 22.4. The van der Waals surface area contributed by atoms with Crippen LogP contribution in [-0.2, 0) is 10.0 Å². The number of nitrogens with zero attached hydrogens (tertiary/aromatic N) is 1. The second-order valence-electron chi connectivity index (χ2n) is 6.41. The van der Waals surface area contributed by atoms with Gasteiger partial charge < -0.3 is 5.32 Å². The first-order valence-corrected chi connectivity index (χ1v) is 8.57. The maximum atomic E-state index is 12.3. The number of nitrogens with one attached hydrogen (secondary N) is 1. The molecule has 4 nitrogen and oxygen atoms in total. The lowest BCUT2D eigenvalue weighted by atomic mass is 10.0. The quantitative estimate of drug-likeness (QED) is 0.833. The van der Waals surface area contributed by atoms with Gasteiger partial charge in [0.2, 0.25) is 10.0 Å². The monoisotopic (exact) mass is 276 g/mol. The predicted molar refractivity (Wildman–Crippen MR) is 76.1 cm³/mol. The molecule has 0 saturated carbocycles. The van der Waals surface area contributed by atoms with Crippen molar-refractivity contribution in [2.45, 2.75) is 53.0 Å². The molecule has 1 N–H and O–H groups in total. The third-order valence-electron chi connectivity index (χ3n) is 3.20. The van der Waals surface area contributed by atoms with Crippen LogP contribution in [0.25, 0.3) is 0 Å². The summed E-state index contributed by atoms with van der Waals surface area (Å²) in [4.78, 5) is 0. The summed E-state index contributed by atoms with van der Waals surface area (Å²) >= 11 is 0. The van der Waals surface area contributed by atoms with Crippen molar-refractivity contribution < 1.29 is 8.42 Å². The molecule has 1 saturated heterocycles. The van der Waals surface area contributed by atoms with E-state index in [9.17, 15) is 8.42 Å². The van der Waals surface area contributed by atoms with Crippen LogP contribution in [-0.4, -0.2) is 44.2 Å². The molecule has 1 aliphatic heterocycles. The van der Waals surface area contributed by atoms with Crippen molar-refractivity contribution in [2.75, 3.05) is 25.4 Å². The average molecular weight is 276 g/mol. The molecule has 108 valence electrons. The van der Waals surface area contributed by atoms with Gasteiger partial charge in [0, 0.05) is 19.1 Å². The van der Waals surface area contributed by atoms with Crippen LogP contribution in [0, 0.1) is 5.41 Å². The van der Waals surface area contributed by atoms with Crippen LogP contribution in [0.5, 0.6) is 0 Å². The molecule has 5 heteroatoms. The lowest BCUT2D eigenvalue weighted by Crippen LogP contribution is -2.47. The summed E-state index contributed by atoms with van der Waals surface area (Å²) in [6.45, 7) is 10.0. The molecule has 1 fully saturated rings. The van der Waals surface area contributed by atoms with Crippen LogP contribution >= 0.6 is 0 Å². The molecule has 0 radical (unpaired) electrons. The molecule has 1 rings (SSSR count). The van der Waals surface area contributed by atoms with Gasteiger partial charge in [-0.05, 0) is 24.8 Å². The molecule has 0 amide bonds. The van der Waals surface area contributed by atoms with Crippen LogP contribution in [0.1, 0.15) is 47.0 Å². The summed E-state index contributed by atoms with van der Waals surface area (Å²) in [6.07, 6.45) is 3.49. The minimum atomic E-state index is -3.14. The molecule has 0 aromatic heterocycles. The highest BCUT2D eigenvalue weighted by molar-refractivity contribution is 7.89. The summed E-state index contributed by atoms with van der Waals surface area (Å²) in [5.74, 6) is 0.223. The van der Waals surface area contributed by atoms with Crippen molar-refractivity contribution in [2.24, 2.45) is 5.41 Å². The predicted octanol–water partition coefficient (Wildman–Crippen LogP) is 1.83. The van der Waals surface area contributed by atoms with E-state index in [0.717, 1.165) is 13.0 Å². The molecule has 1 heterocycles. The van der Waals surface area contributed by atoms with E-state index in [1.807, 2.05) is 27.7 Å². The third-order valence-corrected chi connectivity index (χ3v) is 5.62. The van der Waals surface area contributed by atoms with Gasteiger partial charge in [-0.3, -0.25) is 0 Å². The number of rotatable bonds is 5. The highest BCUT2D eigenvalue weighted by Gasteiger charge is 2.29. The number of hydrogen-bond donors (Lipinski definition) is 1. The van der Waals surface area contributed by atoms with E-state index >= 15 is 0 Å². The van der Waals surface area contributed by atoms with Gasteiger partial charge >= 0.3 is 0 Å². The second-order valence-corrected chi connectivity index (χ2v) is 8.38. The van der Waals surface area contributed by atoms with E-state index in [2.05, 4.69) is 5.32 Å². The molecule has 0 bridgehead atoms. The fraction of sp³-hybridized carbons (Fsp3) is 1.00. The molecule has 0 aromatic carbocycles. The van der Waals surface area contributed by atoms with Gasteiger partial charge in [0.1, 0.15) is 0 Å². The van der Waals surface area contributed by atoms with Crippen LogP contribution in [0.4, 0.5) is 0 Å². The fourth-order valence-corrected chi connectivity index (χ4v) is 4.48. The van der Waals surface area contributed by atoms with E-state index in [0.29, 0.717) is 19.1 Å². The lowest BCUT2D eigenvalue weighted by molar-refractivity contribution is 0.315. The zero-order valence-corrected chi connectivity index (χ0v) is 13.0. The lowest BCUT2D eigenvalue weighted by Gasteiger charge is -2.31. The first-order valence-electron chi connectivity index (χ1n) is 6.96. The molecule has 1 atom stereocenters. The zero-order chi connectivity index (χ0) is 13.8. The topological polar surface area (TPSA) is 49.4 Å². The second kappa shape index (κ2) is 6.35. The number of hydrogen-bond acceptors (Lipinski definition) is 3. The van der Waals surface area contributed by atoms with Crippen LogP contribution in [0.15, 0.2) is 0 Å². The maximum absolute atomic E-state index is 12.3. The Hall–Kier alpha value is -0.130. The van der Waals surface area contributed by atoms with E-state index in [1.54, 1.807) is 4.31 Å². The van der Waals surface area contributed by atoms with Gasteiger partial charge in [0.25, 0.3) is 0 Å². The molecule has 0 aliphatic carbocycles. The van der Waals surface area contributed by atoms with Crippen molar-refractivity contribution in [1.29, 1.82) is 0 Å². The Morgan fingerprint density at radius 2 is 1.94 bits per heavy atom. The first kappa shape index (κ1) is 15.9. The Balaban J connectivity index is 2.64. The summed E-state index contributed by atoms with van der Waals surface area (Å²) in [6, 6.07) is 0.327. The fourth-order valence-electron chi connectivity index (χ4n) is 2.40. The average Bonchev–Trinajstić information content (AvgIpc) is 2.23. The van der Waals surface area contributed by atoms with Crippen LogP contribution in [0.2, 0.25) is 0 Å². The molecule has 0 spiro atoms. The van der Waals surface area contributed by atoms with Crippen LogP contribution in [0.3, 0.4) is 0 Å². The Bertz CT molecular complexity index is 340. The van der Waals surface area contributed by atoms with Gasteiger partial charge in [-0.25, -0.2) is 12.7 Å². The number of piperidine rings is 1.